The van der Waals surface area contributed by atoms with Crippen LogP contribution in [0.4, 0.5) is 5.88 Å². The van der Waals surface area contributed by atoms with Gasteiger partial charge in [-0.05, 0) is 49.6 Å². The summed E-state index contributed by atoms with van der Waals surface area (Å²) in [4.78, 5) is 9.97. The van der Waals surface area contributed by atoms with E-state index in [-0.39, 0.29) is 5.88 Å². The zero-order chi connectivity index (χ0) is 12.5. The summed E-state index contributed by atoms with van der Waals surface area (Å²) in [5.74, 6) is 3.14. The largest absolute Gasteiger partial charge is 0.433 e. The molecule has 2 aliphatic carbocycles. The summed E-state index contributed by atoms with van der Waals surface area (Å²) in [6.07, 6.45) is 5.59. The van der Waals surface area contributed by atoms with E-state index in [1.165, 1.54) is 31.7 Å². The van der Waals surface area contributed by atoms with Gasteiger partial charge in [-0.25, -0.2) is 0 Å². The smallest absolute Gasteiger partial charge is 0.404 e. The van der Waals surface area contributed by atoms with Crippen molar-refractivity contribution in [1.29, 1.82) is 0 Å². The highest BCUT2D eigenvalue weighted by molar-refractivity contribution is 5.17. The van der Waals surface area contributed by atoms with Gasteiger partial charge in [0.15, 0.2) is 0 Å². The molecule has 2 saturated carbocycles. The zero-order valence-electron chi connectivity index (χ0n) is 10.3. The lowest BCUT2D eigenvalue weighted by Crippen LogP contribution is -2.26. The number of nitro groups is 1. The number of nitrogens with zero attached hydrogens (tertiary/aromatic N) is 1. The average molecular weight is 250 g/mol. The molecule has 2 bridgehead atoms. The summed E-state index contributed by atoms with van der Waals surface area (Å²) >= 11 is 0. The van der Waals surface area contributed by atoms with Gasteiger partial charge in [-0.3, -0.25) is 10.1 Å². The third-order valence-electron chi connectivity index (χ3n) is 4.42. The van der Waals surface area contributed by atoms with Crippen LogP contribution in [0.5, 0.6) is 0 Å². The van der Waals surface area contributed by atoms with Crippen molar-refractivity contribution < 1.29 is 9.34 Å². The van der Waals surface area contributed by atoms with E-state index in [9.17, 15) is 10.1 Å². The molecule has 2 aliphatic rings. The standard InChI is InChI=1S/C13H18N2O3/c16-15(17)13-4-3-12(18-13)8-14-7-11-6-9-1-2-10(11)5-9/h3-4,9-11,14H,1-2,5-8H2. The summed E-state index contributed by atoms with van der Waals surface area (Å²) in [5, 5.41) is 13.8. The Morgan fingerprint density at radius 3 is 2.89 bits per heavy atom. The highest BCUT2D eigenvalue weighted by atomic mass is 16.6. The van der Waals surface area contributed by atoms with Gasteiger partial charge in [0.1, 0.15) is 10.7 Å². The fourth-order valence-electron chi connectivity index (χ4n) is 3.57. The van der Waals surface area contributed by atoms with Gasteiger partial charge < -0.3 is 9.73 Å². The van der Waals surface area contributed by atoms with Gasteiger partial charge in [0.2, 0.25) is 0 Å². The molecule has 0 spiro atoms. The van der Waals surface area contributed by atoms with E-state index in [4.69, 9.17) is 4.42 Å². The predicted molar refractivity (Wildman–Crippen MR) is 66.0 cm³/mol. The monoisotopic (exact) mass is 250 g/mol. The molecule has 1 aromatic rings. The Morgan fingerprint density at radius 2 is 2.28 bits per heavy atom. The number of fused-ring (bicyclic) bond motifs is 2. The summed E-state index contributed by atoms with van der Waals surface area (Å²) in [7, 11) is 0. The van der Waals surface area contributed by atoms with E-state index in [0.717, 1.165) is 24.3 Å². The van der Waals surface area contributed by atoms with Crippen LogP contribution in [0.3, 0.4) is 0 Å². The molecule has 0 amide bonds. The van der Waals surface area contributed by atoms with Gasteiger partial charge in [-0.15, -0.1) is 0 Å². The number of furan rings is 1. The minimum absolute atomic E-state index is 0.174. The van der Waals surface area contributed by atoms with Crippen LogP contribution >= 0.6 is 0 Å². The van der Waals surface area contributed by atoms with Gasteiger partial charge in [0.05, 0.1) is 12.6 Å². The second-order valence-electron chi connectivity index (χ2n) is 5.56. The molecule has 1 heterocycles. The Morgan fingerprint density at radius 1 is 1.39 bits per heavy atom. The molecule has 0 aromatic carbocycles. The minimum Gasteiger partial charge on any atom is -0.404 e. The molecule has 0 saturated heterocycles. The molecular weight excluding hydrogens is 232 g/mol. The lowest BCUT2D eigenvalue weighted by Gasteiger charge is -2.21. The maximum absolute atomic E-state index is 10.5. The maximum Gasteiger partial charge on any atom is 0.433 e. The lowest BCUT2D eigenvalue weighted by atomic mass is 9.89. The minimum atomic E-state index is -0.501. The van der Waals surface area contributed by atoms with Gasteiger partial charge >= 0.3 is 5.88 Å². The summed E-state index contributed by atoms with van der Waals surface area (Å²) < 4.78 is 5.11. The normalized spacial score (nSPS) is 29.9. The SMILES string of the molecule is O=[N+]([O-])c1ccc(CNCC2CC3CCC2C3)o1. The van der Waals surface area contributed by atoms with Crippen molar-refractivity contribution >= 4 is 5.88 Å². The molecule has 5 nitrogen and oxygen atoms in total. The fraction of sp³-hybridized carbons (Fsp3) is 0.692. The lowest BCUT2D eigenvalue weighted by molar-refractivity contribution is -0.402. The molecule has 0 aliphatic heterocycles. The molecule has 1 N–H and O–H groups in total. The van der Waals surface area contributed by atoms with Crippen LogP contribution in [0.25, 0.3) is 0 Å². The van der Waals surface area contributed by atoms with Crippen molar-refractivity contribution in [2.45, 2.75) is 32.2 Å². The van der Waals surface area contributed by atoms with E-state index < -0.39 is 4.92 Å². The van der Waals surface area contributed by atoms with Crippen LogP contribution in [0.15, 0.2) is 16.5 Å². The number of hydrogen-bond acceptors (Lipinski definition) is 4. The second kappa shape index (κ2) is 4.72. The van der Waals surface area contributed by atoms with Gasteiger partial charge in [0, 0.05) is 0 Å². The van der Waals surface area contributed by atoms with Crippen molar-refractivity contribution in [3.63, 3.8) is 0 Å². The van der Waals surface area contributed by atoms with Crippen molar-refractivity contribution in [2.75, 3.05) is 6.54 Å². The second-order valence-corrected chi connectivity index (χ2v) is 5.56. The van der Waals surface area contributed by atoms with E-state index >= 15 is 0 Å². The third kappa shape index (κ3) is 2.27. The molecule has 98 valence electrons. The molecule has 3 atom stereocenters. The summed E-state index contributed by atoms with van der Waals surface area (Å²) in [5.41, 5.74) is 0. The predicted octanol–water partition coefficient (Wildman–Crippen LogP) is 2.71. The molecule has 5 heteroatoms. The van der Waals surface area contributed by atoms with Crippen LogP contribution in [-0.2, 0) is 6.54 Å². The number of hydrogen-bond donors (Lipinski definition) is 1. The summed E-state index contributed by atoms with van der Waals surface area (Å²) in [6.45, 7) is 1.59. The van der Waals surface area contributed by atoms with Gasteiger partial charge in [-0.1, -0.05) is 6.42 Å². The maximum atomic E-state index is 10.5. The van der Waals surface area contributed by atoms with Crippen molar-refractivity contribution in [2.24, 2.45) is 17.8 Å². The topological polar surface area (TPSA) is 68.3 Å². The molecular formula is C13H18N2O3. The van der Waals surface area contributed by atoms with Crippen molar-refractivity contribution in [3.05, 3.63) is 28.0 Å². The molecule has 1 aromatic heterocycles. The van der Waals surface area contributed by atoms with Crippen LogP contribution in [0.2, 0.25) is 0 Å². The zero-order valence-corrected chi connectivity index (χ0v) is 10.3. The molecule has 2 fully saturated rings. The van der Waals surface area contributed by atoms with Crippen LogP contribution in [0, 0.1) is 27.9 Å². The van der Waals surface area contributed by atoms with Gasteiger partial charge in [-0.2, -0.15) is 0 Å². The summed E-state index contributed by atoms with van der Waals surface area (Å²) in [6, 6.07) is 3.08. The number of nitrogens with one attached hydrogen (secondary N) is 1. The van der Waals surface area contributed by atoms with Gasteiger partial charge in [0.25, 0.3) is 0 Å². The Hall–Kier alpha value is -1.36. The van der Waals surface area contributed by atoms with Crippen LogP contribution in [0.1, 0.15) is 31.4 Å². The van der Waals surface area contributed by atoms with Crippen LogP contribution < -0.4 is 5.32 Å². The Bertz CT molecular complexity index is 443. The van der Waals surface area contributed by atoms with E-state index in [1.54, 1.807) is 6.07 Å². The van der Waals surface area contributed by atoms with Crippen molar-refractivity contribution in [1.82, 2.24) is 5.32 Å². The van der Waals surface area contributed by atoms with Crippen LogP contribution in [-0.4, -0.2) is 11.5 Å². The Kier molecular flexibility index (Phi) is 3.07. The molecule has 18 heavy (non-hydrogen) atoms. The quantitative estimate of drug-likeness (QED) is 0.644. The first-order valence-corrected chi connectivity index (χ1v) is 6.66. The highest BCUT2D eigenvalue weighted by Gasteiger charge is 2.38. The average Bonchev–Trinajstić information content (AvgIpc) is 3.03. The Labute approximate surface area is 106 Å². The third-order valence-corrected chi connectivity index (χ3v) is 4.42. The van der Waals surface area contributed by atoms with E-state index in [1.807, 2.05) is 0 Å². The van der Waals surface area contributed by atoms with Crippen molar-refractivity contribution in [3.8, 4) is 0 Å². The highest BCUT2D eigenvalue weighted by Crippen LogP contribution is 2.47. The first-order chi connectivity index (χ1) is 8.72. The van der Waals surface area contributed by atoms with E-state index in [2.05, 4.69) is 5.32 Å². The molecule has 0 radical (unpaired) electrons. The number of rotatable bonds is 5. The first-order valence-electron chi connectivity index (χ1n) is 6.66. The molecule has 3 unspecified atom stereocenters. The first kappa shape index (κ1) is 11.7. The Balaban J connectivity index is 1.45. The fourth-order valence-corrected chi connectivity index (χ4v) is 3.57. The molecule has 3 rings (SSSR count). The van der Waals surface area contributed by atoms with E-state index in [0.29, 0.717) is 12.3 Å².